The van der Waals surface area contributed by atoms with Crippen LogP contribution in [0.5, 0.6) is 11.5 Å². The van der Waals surface area contributed by atoms with Crippen LogP contribution in [0.3, 0.4) is 0 Å². The second kappa shape index (κ2) is 6.91. The van der Waals surface area contributed by atoms with Gasteiger partial charge in [-0.05, 0) is 25.1 Å². The molecule has 1 aromatic heterocycles. The highest BCUT2D eigenvalue weighted by Crippen LogP contribution is 2.31. The van der Waals surface area contributed by atoms with Gasteiger partial charge in [0.05, 0.1) is 7.11 Å². The first-order chi connectivity index (χ1) is 10.9. The lowest BCUT2D eigenvalue weighted by atomic mass is 10.2. The minimum atomic E-state index is -3.02. The highest BCUT2D eigenvalue weighted by molar-refractivity contribution is 6.05. The SMILES string of the molecule is COc1ccc(NC(=O)c2cc(C(C)=O)c[nH]2)cc1OC(F)F. The van der Waals surface area contributed by atoms with Gasteiger partial charge in [0.1, 0.15) is 5.69 Å². The molecule has 6 nitrogen and oxygen atoms in total. The number of ether oxygens (including phenoxy) is 2. The maximum atomic E-state index is 12.4. The molecule has 2 N–H and O–H groups in total. The van der Waals surface area contributed by atoms with Gasteiger partial charge in [-0.2, -0.15) is 8.78 Å². The van der Waals surface area contributed by atoms with Gasteiger partial charge in [-0.15, -0.1) is 0 Å². The van der Waals surface area contributed by atoms with Gasteiger partial charge in [-0.1, -0.05) is 0 Å². The van der Waals surface area contributed by atoms with E-state index in [2.05, 4.69) is 15.0 Å². The molecule has 0 atom stereocenters. The van der Waals surface area contributed by atoms with Crippen LogP contribution in [-0.2, 0) is 0 Å². The van der Waals surface area contributed by atoms with Crippen molar-refractivity contribution in [3.8, 4) is 11.5 Å². The molecule has 0 saturated carbocycles. The number of Topliss-reactive ketones (excluding diaryl/α,β-unsaturated/α-hetero) is 1. The Morgan fingerprint density at radius 2 is 1.96 bits per heavy atom. The Labute approximate surface area is 130 Å². The monoisotopic (exact) mass is 324 g/mol. The van der Waals surface area contributed by atoms with Crippen LogP contribution in [0, 0.1) is 0 Å². The zero-order valence-corrected chi connectivity index (χ0v) is 12.4. The highest BCUT2D eigenvalue weighted by Gasteiger charge is 2.14. The summed E-state index contributed by atoms with van der Waals surface area (Å²) in [7, 11) is 1.31. The summed E-state index contributed by atoms with van der Waals surface area (Å²) in [6.07, 6.45) is 1.41. The molecule has 0 fully saturated rings. The number of carbonyl (C=O) groups excluding carboxylic acids is 2. The first-order valence-electron chi connectivity index (χ1n) is 6.54. The zero-order chi connectivity index (χ0) is 17.0. The molecular weight excluding hydrogens is 310 g/mol. The van der Waals surface area contributed by atoms with Crippen LogP contribution in [-0.4, -0.2) is 30.4 Å². The molecule has 0 radical (unpaired) electrons. The van der Waals surface area contributed by atoms with Crippen molar-refractivity contribution in [2.45, 2.75) is 13.5 Å². The van der Waals surface area contributed by atoms with E-state index in [-0.39, 0.29) is 28.7 Å². The molecule has 8 heteroatoms. The molecule has 1 amide bonds. The quantitative estimate of drug-likeness (QED) is 0.800. The van der Waals surface area contributed by atoms with E-state index in [0.717, 1.165) is 0 Å². The van der Waals surface area contributed by atoms with Gasteiger partial charge in [-0.3, -0.25) is 9.59 Å². The van der Waals surface area contributed by atoms with Gasteiger partial charge in [0.2, 0.25) is 0 Å². The summed E-state index contributed by atoms with van der Waals surface area (Å²) in [6.45, 7) is -1.64. The fourth-order valence-electron chi connectivity index (χ4n) is 1.87. The third-order valence-corrected chi connectivity index (χ3v) is 2.97. The second-order valence-electron chi connectivity index (χ2n) is 4.56. The molecule has 122 valence electrons. The van der Waals surface area contributed by atoms with Gasteiger partial charge >= 0.3 is 6.61 Å². The van der Waals surface area contributed by atoms with Gasteiger partial charge < -0.3 is 19.8 Å². The number of benzene rings is 1. The molecule has 1 heterocycles. The summed E-state index contributed by atoms with van der Waals surface area (Å²) in [5.41, 5.74) is 0.777. The van der Waals surface area contributed by atoms with Crippen molar-refractivity contribution >= 4 is 17.4 Å². The van der Waals surface area contributed by atoms with Crippen molar-refractivity contribution in [3.05, 3.63) is 41.7 Å². The molecule has 0 bridgehead atoms. The maximum absolute atomic E-state index is 12.4. The molecule has 23 heavy (non-hydrogen) atoms. The van der Waals surface area contributed by atoms with Gasteiger partial charge in [0.15, 0.2) is 17.3 Å². The Balaban J connectivity index is 2.18. The van der Waals surface area contributed by atoms with Gasteiger partial charge in [0, 0.05) is 23.5 Å². The van der Waals surface area contributed by atoms with Crippen LogP contribution >= 0.6 is 0 Å². The summed E-state index contributed by atoms with van der Waals surface area (Å²) in [5.74, 6) is -0.790. The normalized spacial score (nSPS) is 10.5. The minimum absolute atomic E-state index is 0.113. The Bertz CT molecular complexity index is 728. The molecule has 2 rings (SSSR count). The molecular formula is C15H14F2N2O4. The van der Waals surface area contributed by atoms with E-state index in [9.17, 15) is 18.4 Å². The number of methoxy groups -OCH3 is 1. The number of carbonyl (C=O) groups is 2. The van der Waals surface area contributed by atoms with E-state index in [1.807, 2.05) is 0 Å². The highest BCUT2D eigenvalue weighted by atomic mass is 19.3. The lowest BCUT2D eigenvalue weighted by Crippen LogP contribution is -2.12. The lowest BCUT2D eigenvalue weighted by molar-refractivity contribution is -0.0511. The Morgan fingerprint density at radius 1 is 1.22 bits per heavy atom. The van der Waals surface area contributed by atoms with Crippen molar-refractivity contribution in [2.75, 3.05) is 12.4 Å². The number of anilines is 1. The van der Waals surface area contributed by atoms with Crippen molar-refractivity contribution < 1.29 is 27.8 Å². The molecule has 0 aliphatic rings. The average Bonchev–Trinajstić information content (AvgIpc) is 2.97. The van der Waals surface area contributed by atoms with Crippen LogP contribution in [0.1, 0.15) is 27.8 Å². The molecule has 0 spiro atoms. The summed E-state index contributed by atoms with van der Waals surface area (Å²) in [6, 6.07) is 5.49. The number of nitrogens with one attached hydrogen (secondary N) is 2. The second-order valence-corrected chi connectivity index (χ2v) is 4.56. The fraction of sp³-hybridized carbons (Fsp3) is 0.200. The number of ketones is 1. The first kappa shape index (κ1) is 16.5. The molecule has 1 aromatic carbocycles. The minimum Gasteiger partial charge on any atom is -0.493 e. The first-order valence-corrected chi connectivity index (χ1v) is 6.54. The summed E-state index contributed by atoms with van der Waals surface area (Å²) in [5, 5.41) is 2.51. The predicted molar refractivity (Wildman–Crippen MR) is 78.4 cm³/mol. The topological polar surface area (TPSA) is 80.4 Å². The van der Waals surface area contributed by atoms with Crippen LogP contribution in [0.4, 0.5) is 14.5 Å². The predicted octanol–water partition coefficient (Wildman–Crippen LogP) is 3.08. The summed E-state index contributed by atoms with van der Waals surface area (Å²) in [4.78, 5) is 25.9. The summed E-state index contributed by atoms with van der Waals surface area (Å²) >= 11 is 0. The third-order valence-electron chi connectivity index (χ3n) is 2.97. The number of hydrogen-bond donors (Lipinski definition) is 2. The number of aromatic amines is 1. The van der Waals surface area contributed by atoms with E-state index in [1.165, 1.54) is 44.5 Å². The van der Waals surface area contributed by atoms with Gasteiger partial charge in [0.25, 0.3) is 5.91 Å². The molecule has 0 aliphatic carbocycles. The van der Waals surface area contributed by atoms with Crippen molar-refractivity contribution in [1.29, 1.82) is 0 Å². The molecule has 0 unspecified atom stereocenters. The van der Waals surface area contributed by atoms with Crippen molar-refractivity contribution in [2.24, 2.45) is 0 Å². The molecule has 0 aliphatic heterocycles. The number of hydrogen-bond acceptors (Lipinski definition) is 4. The van der Waals surface area contributed by atoms with Crippen molar-refractivity contribution in [1.82, 2.24) is 4.98 Å². The van der Waals surface area contributed by atoms with Crippen LogP contribution in [0.25, 0.3) is 0 Å². The largest absolute Gasteiger partial charge is 0.493 e. The number of amides is 1. The van der Waals surface area contributed by atoms with E-state index in [4.69, 9.17) is 4.74 Å². The maximum Gasteiger partial charge on any atom is 0.387 e. The van der Waals surface area contributed by atoms with Crippen LogP contribution in [0.2, 0.25) is 0 Å². The van der Waals surface area contributed by atoms with Gasteiger partial charge in [-0.25, -0.2) is 0 Å². The Morgan fingerprint density at radius 3 is 2.52 bits per heavy atom. The van der Waals surface area contributed by atoms with Crippen molar-refractivity contribution in [3.63, 3.8) is 0 Å². The fourth-order valence-corrected chi connectivity index (χ4v) is 1.87. The lowest BCUT2D eigenvalue weighted by Gasteiger charge is -2.12. The van der Waals surface area contributed by atoms with E-state index < -0.39 is 12.5 Å². The average molecular weight is 324 g/mol. The van der Waals surface area contributed by atoms with E-state index >= 15 is 0 Å². The molecule has 0 saturated heterocycles. The Hall–Kier alpha value is -2.90. The number of aromatic nitrogens is 1. The zero-order valence-electron chi connectivity index (χ0n) is 12.4. The smallest absolute Gasteiger partial charge is 0.387 e. The standard InChI is InChI=1S/C15H14F2N2O4/c1-8(20)9-5-11(18-7-9)14(21)19-10-3-4-12(22-2)13(6-10)23-15(16)17/h3-7,15,18H,1-2H3,(H,19,21). The van der Waals surface area contributed by atoms with Crippen LogP contribution < -0.4 is 14.8 Å². The number of alkyl halides is 2. The van der Waals surface area contributed by atoms with E-state index in [0.29, 0.717) is 5.56 Å². The third kappa shape index (κ3) is 4.06. The van der Waals surface area contributed by atoms with E-state index in [1.54, 1.807) is 0 Å². The number of rotatable bonds is 6. The number of H-pyrrole nitrogens is 1. The summed E-state index contributed by atoms with van der Waals surface area (Å²) < 4.78 is 34.0. The Kier molecular flexibility index (Phi) is 4.95. The van der Waals surface area contributed by atoms with Crippen LogP contribution in [0.15, 0.2) is 30.5 Å². The number of halogens is 2. The molecule has 2 aromatic rings.